The minimum absolute atomic E-state index is 0.0163. The number of rotatable bonds is 3. The molecule has 1 amide bonds. The molecule has 2 fully saturated rings. The van der Waals surface area contributed by atoms with Crippen molar-refractivity contribution < 1.29 is 13.2 Å². The Balaban J connectivity index is 1.70. The molecule has 2 aliphatic rings. The highest BCUT2D eigenvalue weighted by Crippen LogP contribution is 2.51. The highest BCUT2D eigenvalue weighted by Gasteiger charge is 2.44. The van der Waals surface area contributed by atoms with E-state index in [1.807, 2.05) is 0 Å². The molecule has 104 valence electrons. The number of fused-ring (bicyclic) bond motifs is 1. The number of carbonyl (C=O) groups is 1. The minimum Gasteiger partial charge on any atom is -0.274 e. The molecule has 1 aromatic heterocycles. The fraction of sp³-hybridized carbons (Fsp3) is 0.583. The van der Waals surface area contributed by atoms with Gasteiger partial charge in [0, 0.05) is 5.92 Å². The minimum atomic E-state index is -3.81. The van der Waals surface area contributed by atoms with Crippen molar-refractivity contribution in [2.45, 2.75) is 29.9 Å². The molecule has 0 aromatic carbocycles. The van der Waals surface area contributed by atoms with Gasteiger partial charge in [-0.2, -0.15) is 0 Å². The van der Waals surface area contributed by atoms with Gasteiger partial charge in [0.25, 0.3) is 10.0 Å². The van der Waals surface area contributed by atoms with Crippen LogP contribution in [0.2, 0.25) is 5.02 Å². The third kappa shape index (κ3) is 2.66. The van der Waals surface area contributed by atoms with Crippen LogP contribution in [0.5, 0.6) is 0 Å². The van der Waals surface area contributed by atoms with Crippen LogP contribution < -0.4 is 4.72 Å². The predicted molar refractivity (Wildman–Crippen MR) is 73.6 cm³/mol. The molecule has 3 atom stereocenters. The van der Waals surface area contributed by atoms with E-state index < -0.39 is 10.0 Å². The van der Waals surface area contributed by atoms with Gasteiger partial charge in [-0.05, 0) is 49.0 Å². The lowest BCUT2D eigenvalue weighted by Gasteiger charge is -2.20. The van der Waals surface area contributed by atoms with Gasteiger partial charge in [-0.3, -0.25) is 4.79 Å². The van der Waals surface area contributed by atoms with Crippen LogP contribution >= 0.6 is 22.9 Å². The van der Waals surface area contributed by atoms with Crippen LogP contribution in [-0.2, 0) is 14.8 Å². The number of nitrogens with one attached hydrogen (secondary N) is 1. The van der Waals surface area contributed by atoms with Gasteiger partial charge in [0.1, 0.15) is 0 Å². The summed E-state index contributed by atoms with van der Waals surface area (Å²) in [5.41, 5.74) is 0. The molecule has 0 saturated heterocycles. The second kappa shape index (κ2) is 4.75. The van der Waals surface area contributed by atoms with Gasteiger partial charge in [-0.15, -0.1) is 11.3 Å². The summed E-state index contributed by atoms with van der Waals surface area (Å²) >= 11 is 6.82. The molecule has 2 aliphatic carbocycles. The fourth-order valence-electron chi connectivity index (χ4n) is 2.82. The largest absolute Gasteiger partial charge is 0.275 e. The van der Waals surface area contributed by atoms with Gasteiger partial charge in [0.15, 0.2) is 4.21 Å². The molecule has 1 N–H and O–H groups in total. The average Bonchev–Trinajstić information content (AvgIpc) is 2.99. The molecule has 1 aromatic rings. The molecule has 1 heterocycles. The Morgan fingerprint density at radius 2 is 2.11 bits per heavy atom. The van der Waals surface area contributed by atoms with Crippen LogP contribution in [0.15, 0.2) is 15.7 Å². The molecular formula is C12H14ClNO3S2. The Morgan fingerprint density at radius 1 is 1.32 bits per heavy atom. The van der Waals surface area contributed by atoms with E-state index in [0.29, 0.717) is 5.92 Å². The summed E-state index contributed by atoms with van der Waals surface area (Å²) in [4.78, 5) is 12.1. The van der Waals surface area contributed by atoms with Crippen molar-refractivity contribution in [2.24, 2.45) is 17.8 Å². The van der Waals surface area contributed by atoms with Crippen LogP contribution in [0.25, 0.3) is 0 Å². The summed E-state index contributed by atoms with van der Waals surface area (Å²) in [6.45, 7) is 0. The lowest BCUT2D eigenvalue weighted by atomic mass is 9.89. The summed E-state index contributed by atoms with van der Waals surface area (Å²) in [5, 5.41) is 1.76. The van der Waals surface area contributed by atoms with E-state index in [4.69, 9.17) is 11.6 Å². The smallest absolute Gasteiger partial charge is 0.274 e. The summed E-state index contributed by atoms with van der Waals surface area (Å²) in [6.07, 6.45) is 3.86. The number of halogens is 1. The van der Waals surface area contributed by atoms with Gasteiger partial charge in [0.05, 0.1) is 5.02 Å². The average molecular weight is 320 g/mol. The van der Waals surface area contributed by atoms with Crippen LogP contribution in [0.1, 0.15) is 25.7 Å². The fourth-order valence-corrected chi connectivity index (χ4v) is 5.55. The Labute approximate surface area is 121 Å². The van der Waals surface area contributed by atoms with Crippen molar-refractivity contribution in [3.63, 3.8) is 0 Å². The number of sulfonamides is 1. The van der Waals surface area contributed by atoms with Crippen molar-refractivity contribution in [1.82, 2.24) is 4.72 Å². The van der Waals surface area contributed by atoms with Gasteiger partial charge in [0.2, 0.25) is 5.91 Å². The third-order valence-corrected chi connectivity index (χ3v) is 7.35. The first-order valence-electron chi connectivity index (χ1n) is 6.27. The van der Waals surface area contributed by atoms with E-state index in [1.54, 1.807) is 5.38 Å². The van der Waals surface area contributed by atoms with E-state index in [2.05, 4.69) is 4.72 Å². The molecule has 4 nitrogen and oxygen atoms in total. The summed E-state index contributed by atoms with van der Waals surface area (Å²) in [7, 11) is -3.81. The normalized spacial score (nSPS) is 29.6. The maximum absolute atomic E-state index is 12.1. The Hall–Kier alpha value is -0.590. The molecule has 0 bridgehead atoms. The van der Waals surface area contributed by atoms with Gasteiger partial charge < -0.3 is 0 Å². The molecular weight excluding hydrogens is 306 g/mol. The molecule has 0 aliphatic heterocycles. The first kappa shape index (κ1) is 13.4. The number of thiophene rings is 1. The highest BCUT2D eigenvalue weighted by atomic mass is 35.5. The van der Waals surface area contributed by atoms with Crippen LogP contribution in [0, 0.1) is 17.8 Å². The zero-order valence-electron chi connectivity index (χ0n) is 10.1. The standard InChI is InChI=1S/C12H14ClNO3S2/c13-10-3-4-18-12(10)19(16,17)14-11(15)8-2-1-7-5-9(7)6-8/h3-4,7-9H,1-2,5-6H2,(H,14,15). The number of amides is 1. The van der Waals surface area contributed by atoms with Gasteiger partial charge in [-0.1, -0.05) is 11.6 Å². The van der Waals surface area contributed by atoms with Crippen LogP contribution in [0.3, 0.4) is 0 Å². The van der Waals surface area contributed by atoms with Crippen molar-refractivity contribution in [1.29, 1.82) is 0 Å². The SMILES string of the molecule is O=C(NS(=O)(=O)c1sccc1Cl)C1CCC2CC2C1. The molecule has 3 rings (SSSR count). The number of carbonyl (C=O) groups excluding carboxylic acids is 1. The first-order valence-corrected chi connectivity index (χ1v) is 9.01. The zero-order chi connectivity index (χ0) is 13.6. The topological polar surface area (TPSA) is 63.2 Å². The Kier molecular flexibility index (Phi) is 3.35. The summed E-state index contributed by atoms with van der Waals surface area (Å²) in [6, 6.07) is 1.51. The summed E-state index contributed by atoms with van der Waals surface area (Å²) in [5.74, 6) is 0.872. The monoisotopic (exact) mass is 319 g/mol. The predicted octanol–water partition coefficient (Wildman–Crippen LogP) is 2.64. The Bertz CT molecular complexity index is 610. The van der Waals surface area contributed by atoms with Crippen molar-refractivity contribution >= 4 is 38.9 Å². The third-order valence-electron chi connectivity index (χ3n) is 3.98. The van der Waals surface area contributed by atoms with E-state index in [0.717, 1.165) is 36.5 Å². The first-order chi connectivity index (χ1) is 8.97. The van der Waals surface area contributed by atoms with E-state index in [1.165, 1.54) is 12.5 Å². The molecule has 7 heteroatoms. The molecule has 0 radical (unpaired) electrons. The van der Waals surface area contributed by atoms with Crippen molar-refractivity contribution in [3.05, 3.63) is 16.5 Å². The molecule has 0 spiro atoms. The van der Waals surface area contributed by atoms with Gasteiger partial charge >= 0.3 is 0 Å². The van der Waals surface area contributed by atoms with Crippen LogP contribution in [0.4, 0.5) is 0 Å². The van der Waals surface area contributed by atoms with E-state index in [-0.39, 0.29) is 21.1 Å². The summed E-state index contributed by atoms with van der Waals surface area (Å²) < 4.78 is 26.3. The van der Waals surface area contributed by atoms with Gasteiger partial charge in [-0.25, -0.2) is 13.1 Å². The molecule has 19 heavy (non-hydrogen) atoms. The van der Waals surface area contributed by atoms with Crippen LogP contribution in [-0.4, -0.2) is 14.3 Å². The van der Waals surface area contributed by atoms with Crippen molar-refractivity contribution in [3.8, 4) is 0 Å². The zero-order valence-corrected chi connectivity index (χ0v) is 12.5. The second-order valence-electron chi connectivity index (χ2n) is 5.29. The van der Waals surface area contributed by atoms with E-state index >= 15 is 0 Å². The second-order valence-corrected chi connectivity index (χ2v) is 8.49. The Morgan fingerprint density at radius 3 is 2.74 bits per heavy atom. The maximum Gasteiger partial charge on any atom is 0.275 e. The maximum atomic E-state index is 12.1. The molecule has 3 unspecified atom stereocenters. The lowest BCUT2D eigenvalue weighted by molar-refractivity contribution is -0.124. The lowest BCUT2D eigenvalue weighted by Crippen LogP contribution is -2.36. The quantitative estimate of drug-likeness (QED) is 0.931. The van der Waals surface area contributed by atoms with Crippen molar-refractivity contribution in [2.75, 3.05) is 0 Å². The highest BCUT2D eigenvalue weighted by molar-refractivity contribution is 7.92. The number of hydrogen-bond donors (Lipinski definition) is 1. The van der Waals surface area contributed by atoms with E-state index in [9.17, 15) is 13.2 Å². The number of hydrogen-bond acceptors (Lipinski definition) is 4. The molecule has 2 saturated carbocycles.